The number of halogens is 3. The van der Waals surface area contributed by atoms with Gasteiger partial charge in [0.1, 0.15) is 12.1 Å². The Labute approximate surface area is 126 Å². The van der Waals surface area contributed by atoms with Crippen molar-refractivity contribution >= 4 is 5.97 Å². The smallest absolute Gasteiger partial charge is 0.406 e. The van der Waals surface area contributed by atoms with Gasteiger partial charge in [0.2, 0.25) is 0 Å². The van der Waals surface area contributed by atoms with Gasteiger partial charge in [0, 0.05) is 12.7 Å². The van der Waals surface area contributed by atoms with Crippen molar-refractivity contribution in [3.05, 3.63) is 33.7 Å². The first kappa shape index (κ1) is 18.2. The van der Waals surface area contributed by atoms with Crippen molar-refractivity contribution in [1.82, 2.24) is 9.88 Å². The minimum atomic E-state index is -4.55. The zero-order chi connectivity index (χ0) is 16.9. The quantitative estimate of drug-likeness (QED) is 0.814. The summed E-state index contributed by atoms with van der Waals surface area (Å²) in [6.45, 7) is 3.43. The molecule has 22 heavy (non-hydrogen) atoms. The van der Waals surface area contributed by atoms with E-state index in [1.165, 1.54) is 6.07 Å². The predicted molar refractivity (Wildman–Crippen MR) is 74.6 cm³/mol. The molecule has 0 atom stereocenters. The lowest BCUT2D eigenvalue weighted by molar-refractivity contribution is -0.141. The Morgan fingerprint density at radius 3 is 2.55 bits per heavy atom. The van der Waals surface area contributed by atoms with Gasteiger partial charge in [-0.15, -0.1) is 0 Å². The van der Waals surface area contributed by atoms with Crippen LogP contribution in [-0.4, -0.2) is 30.4 Å². The number of alkyl halides is 3. The minimum absolute atomic E-state index is 0.250. The summed E-state index contributed by atoms with van der Waals surface area (Å²) < 4.78 is 42.5. The summed E-state index contributed by atoms with van der Waals surface area (Å²) in [4.78, 5) is 23.5. The van der Waals surface area contributed by atoms with Crippen molar-refractivity contribution in [2.45, 2.75) is 33.1 Å². The van der Waals surface area contributed by atoms with Gasteiger partial charge in [0.05, 0.1) is 7.11 Å². The number of hydrogen-bond donors (Lipinski definition) is 1. The highest BCUT2D eigenvalue weighted by atomic mass is 19.4. The average Bonchev–Trinajstić information content (AvgIpc) is 2.39. The van der Waals surface area contributed by atoms with Crippen LogP contribution in [0, 0.1) is 5.92 Å². The van der Waals surface area contributed by atoms with Gasteiger partial charge in [-0.3, -0.25) is 4.79 Å². The van der Waals surface area contributed by atoms with E-state index >= 15 is 0 Å². The van der Waals surface area contributed by atoms with E-state index in [9.17, 15) is 22.8 Å². The number of pyridine rings is 1. The van der Waals surface area contributed by atoms with Crippen molar-refractivity contribution in [3.8, 4) is 0 Å². The summed E-state index contributed by atoms with van der Waals surface area (Å²) in [7, 11) is 1.07. The fourth-order valence-electron chi connectivity index (χ4n) is 1.87. The molecule has 0 aliphatic carbocycles. The molecule has 0 aliphatic heterocycles. The van der Waals surface area contributed by atoms with Crippen LogP contribution in [0.25, 0.3) is 0 Å². The van der Waals surface area contributed by atoms with E-state index in [1.54, 1.807) is 0 Å². The predicted octanol–water partition coefficient (Wildman–Crippen LogP) is 1.94. The zero-order valence-electron chi connectivity index (χ0n) is 12.7. The van der Waals surface area contributed by atoms with E-state index in [0.717, 1.165) is 13.3 Å². The molecule has 1 rings (SSSR count). The van der Waals surface area contributed by atoms with E-state index in [0.29, 0.717) is 22.6 Å². The molecular weight excluding hydrogens is 301 g/mol. The lowest BCUT2D eigenvalue weighted by Gasteiger charge is -2.14. The number of ether oxygens (including phenoxy) is 1. The summed E-state index contributed by atoms with van der Waals surface area (Å²) >= 11 is 0. The second-order valence-corrected chi connectivity index (χ2v) is 5.33. The van der Waals surface area contributed by atoms with Crippen LogP contribution in [0.2, 0.25) is 0 Å². The van der Waals surface area contributed by atoms with Crippen LogP contribution in [0.4, 0.5) is 13.2 Å². The van der Waals surface area contributed by atoms with E-state index < -0.39 is 29.8 Å². The van der Waals surface area contributed by atoms with Crippen LogP contribution in [0.15, 0.2) is 17.1 Å². The van der Waals surface area contributed by atoms with Crippen molar-refractivity contribution in [1.29, 1.82) is 0 Å². The maximum absolute atomic E-state index is 12.5. The molecule has 0 amide bonds. The van der Waals surface area contributed by atoms with Crippen LogP contribution in [0.3, 0.4) is 0 Å². The Bertz CT molecular complexity index is 580. The van der Waals surface area contributed by atoms with Gasteiger partial charge in [0.25, 0.3) is 5.56 Å². The van der Waals surface area contributed by atoms with E-state index in [4.69, 9.17) is 0 Å². The Kier molecular flexibility index (Phi) is 6.16. The molecular formula is C14H19F3N2O3. The van der Waals surface area contributed by atoms with Gasteiger partial charge in [-0.05, 0) is 24.1 Å². The van der Waals surface area contributed by atoms with Crippen LogP contribution in [0.1, 0.15) is 29.8 Å². The molecule has 0 saturated carbocycles. The van der Waals surface area contributed by atoms with Gasteiger partial charge in [-0.1, -0.05) is 13.8 Å². The van der Waals surface area contributed by atoms with Crippen LogP contribution < -0.4 is 10.9 Å². The van der Waals surface area contributed by atoms with Crippen molar-refractivity contribution in [3.63, 3.8) is 0 Å². The number of hydrogen-bond acceptors (Lipinski definition) is 4. The number of carbonyl (C=O) groups is 1. The minimum Gasteiger partial charge on any atom is -0.465 e. The van der Waals surface area contributed by atoms with E-state index in [2.05, 4.69) is 10.1 Å². The first-order chi connectivity index (χ1) is 10.1. The highest BCUT2D eigenvalue weighted by Crippen LogP contribution is 2.17. The molecule has 1 aromatic rings. The van der Waals surface area contributed by atoms with Gasteiger partial charge in [-0.2, -0.15) is 13.2 Å². The van der Waals surface area contributed by atoms with Crippen LogP contribution >= 0.6 is 0 Å². The van der Waals surface area contributed by atoms with E-state index in [-0.39, 0.29) is 6.54 Å². The number of esters is 1. The molecule has 1 heterocycles. The van der Waals surface area contributed by atoms with Crippen LogP contribution in [0.5, 0.6) is 0 Å². The van der Waals surface area contributed by atoms with Gasteiger partial charge in [-0.25, -0.2) is 4.79 Å². The molecule has 0 aliphatic rings. The number of rotatable bonds is 6. The second-order valence-electron chi connectivity index (χ2n) is 5.33. The fraction of sp³-hybridized carbons (Fsp3) is 0.571. The van der Waals surface area contributed by atoms with Gasteiger partial charge >= 0.3 is 12.1 Å². The number of aromatic nitrogens is 1. The maximum Gasteiger partial charge on any atom is 0.406 e. The topological polar surface area (TPSA) is 60.3 Å². The molecule has 0 unspecified atom stereocenters. The first-order valence-electron chi connectivity index (χ1n) is 6.73. The van der Waals surface area contributed by atoms with Gasteiger partial charge < -0.3 is 14.6 Å². The van der Waals surface area contributed by atoms with E-state index in [1.807, 2.05) is 13.8 Å². The Hall–Kier alpha value is -1.83. The Balaban J connectivity index is 3.14. The Morgan fingerprint density at radius 1 is 1.41 bits per heavy atom. The SMILES string of the molecule is COC(=O)c1cc(CNCC(C)C)cn(CC(F)(F)F)c1=O. The molecule has 0 aromatic carbocycles. The average molecular weight is 320 g/mol. The monoisotopic (exact) mass is 320 g/mol. The molecule has 0 spiro atoms. The molecule has 0 radical (unpaired) electrons. The van der Waals surface area contributed by atoms with Gasteiger partial charge in [0.15, 0.2) is 0 Å². The third-order valence-corrected chi connectivity index (χ3v) is 2.78. The zero-order valence-corrected chi connectivity index (χ0v) is 12.7. The summed E-state index contributed by atoms with van der Waals surface area (Å²) in [5.41, 5.74) is -1.02. The number of carbonyl (C=O) groups excluding carboxylic acids is 1. The van der Waals surface area contributed by atoms with Crippen molar-refractivity contribution in [2.24, 2.45) is 5.92 Å². The standard InChI is InChI=1S/C14H19F3N2O3/c1-9(2)5-18-6-10-4-11(13(21)22-3)12(20)19(7-10)8-14(15,16)17/h4,7,9,18H,5-6,8H2,1-3H3. The molecule has 124 valence electrons. The summed E-state index contributed by atoms with van der Waals surface area (Å²) in [6, 6.07) is 1.26. The van der Waals surface area contributed by atoms with Crippen molar-refractivity contribution in [2.75, 3.05) is 13.7 Å². The normalized spacial score (nSPS) is 11.8. The summed E-state index contributed by atoms with van der Waals surface area (Å²) in [5.74, 6) is -0.590. The maximum atomic E-state index is 12.5. The highest BCUT2D eigenvalue weighted by Gasteiger charge is 2.29. The van der Waals surface area contributed by atoms with Crippen LogP contribution in [-0.2, 0) is 17.8 Å². The lowest BCUT2D eigenvalue weighted by Crippen LogP contribution is -2.33. The summed E-state index contributed by atoms with van der Waals surface area (Å²) in [5, 5.41) is 3.05. The summed E-state index contributed by atoms with van der Waals surface area (Å²) in [6.07, 6.45) is -3.45. The highest BCUT2D eigenvalue weighted by molar-refractivity contribution is 5.89. The largest absolute Gasteiger partial charge is 0.465 e. The second kappa shape index (κ2) is 7.44. The molecule has 0 bridgehead atoms. The van der Waals surface area contributed by atoms with Crippen molar-refractivity contribution < 1.29 is 22.7 Å². The molecule has 8 heteroatoms. The molecule has 5 nitrogen and oxygen atoms in total. The number of nitrogens with zero attached hydrogens (tertiary/aromatic N) is 1. The molecule has 0 saturated heterocycles. The lowest BCUT2D eigenvalue weighted by atomic mass is 10.1. The molecule has 0 fully saturated rings. The molecule has 1 aromatic heterocycles. The first-order valence-corrected chi connectivity index (χ1v) is 6.73. The Morgan fingerprint density at radius 2 is 2.05 bits per heavy atom. The third kappa shape index (κ3) is 5.51. The third-order valence-electron chi connectivity index (χ3n) is 2.78. The number of methoxy groups -OCH3 is 1. The fourth-order valence-corrected chi connectivity index (χ4v) is 1.87. The number of nitrogens with one attached hydrogen (secondary N) is 1. The molecule has 1 N–H and O–H groups in total.